The van der Waals surface area contributed by atoms with Crippen LogP contribution >= 0.6 is 0 Å². The molecule has 11 nitrogen and oxygen atoms in total. The van der Waals surface area contributed by atoms with E-state index in [9.17, 15) is 24.0 Å². The van der Waals surface area contributed by atoms with Crippen LogP contribution in [0.15, 0.2) is 24.3 Å². The Morgan fingerprint density at radius 2 is 1.61 bits per heavy atom. The summed E-state index contributed by atoms with van der Waals surface area (Å²) in [5, 5.41) is 2.95. The molecule has 1 unspecified atom stereocenters. The Hall–Kier alpha value is -3.47. The zero-order valence-corrected chi connectivity index (χ0v) is 20.5. The molecule has 0 spiro atoms. The van der Waals surface area contributed by atoms with Gasteiger partial charge in [0.25, 0.3) is 0 Å². The van der Waals surface area contributed by atoms with Gasteiger partial charge in [0.1, 0.15) is 6.54 Å². The maximum atomic E-state index is 12.7. The second-order valence-corrected chi connectivity index (χ2v) is 9.70. The monoisotopic (exact) mass is 498 g/mol. The van der Waals surface area contributed by atoms with Gasteiger partial charge in [0, 0.05) is 58.7 Å². The van der Waals surface area contributed by atoms with Gasteiger partial charge < -0.3 is 20.9 Å². The van der Waals surface area contributed by atoms with E-state index in [1.54, 1.807) is 9.80 Å². The molecule has 0 saturated carbocycles. The minimum atomic E-state index is -0.304. The van der Waals surface area contributed by atoms with Gasteiger partial charge >= 0.3 is 6.03 Å². The lowest BCUT2D eigenvalue weighted by molar-refractivity contribution is -0.146. The summed E-state index contributed by atoms with van der Waals surface area (Å²) in [5.74, 6) is -1.21. The molecule has 1 atom stereocenters. The van der Waals surface area contributed by atoms with E-state index in [0.717, 1.165) is 42.0 Å². The molecule has 0 radical (unpaired) electrons. The van der Waals surface area contributed by atoms with Crippen molar-refractivity contribution < 1.29 is 24.0 Å². The van der Waals surface area contributed by atoms with Crippen LogP contribution in [0.5, 0.6) is 0 Å². The summed E-state index contributed by atoms with van der Waals surface area (Å²) in [5.41, 5.74) is 7.59. The number of imide groups is 1. The van der Waals surface area contributed by atoms with Crippen molar-refractivity contribution >= 4 is 29.7 Å². The topological polar surface area (TPSA) is 136 Å². The third kappa shape index (κ3) is 6.39. The molecule has 11 heteroatoms. The van der Waals surface area contributed by atoms with E-state index in [-0.39, 0.29) is 55.0 Å². The van der Waals surface area contributed by atoms with Crippen molar-refractivity contribution in [1.82, 2.24) is 24.9 Å². The molecular weight excluding hydrogens is 464 g/mol. The fraction of sp³-hybridized carbons (Fsp3) is 0.560. The molecule has 6 amide bonds. The number of likely N-dealkylation sites (tertiary alicyclic amines) is 2. The number of benzene rings is 1. The number of piperidine rings is 1. The highest BCUT2D eigenvalue weighted by atomic mass is 16.2. The van der Waals surface area contributed by atoms with Gasteiger partial charge in [-0.25, -0.2) is 4.79 Å². The number of hydrogen-bond acceptors (Lipinski definition) is 6. The summed E-state index contributed by atoms with van der Waals surface area (Å²) in [6.45, 7) is 4.00. The van der Waals surface area contributed by atoms with Crippen molar-refractivity contribution in [2.45, 2.75) is 38.8 Å². The molecule has 3 aliphatic rings. The molecule has 1 aromatic rings. The maximum absolute atomic E-state index is 12.7. The van der Waals surface area contributed by atoms with Crippen molar-refractivity contribution in [3.63, 3.8) is 0 Å². The normalized spacial score (nSPS) is 21.1. The maximum Gasteiger partial charge on any atom is 0.317 e. The van der Waals surface area contributed by atoms with E-state index in [0.29, 0.717) is 39.3 Å². The van der Waals surface area contributed by atoms with Gasteiger partial charge in [-0.05, 0) is 30.5 Å². The van der Waals surface area contributed by atoms with Crippen molar-refractivity contribution in [3.05, 3.63) is 35.4 Å². The first-order valence-electron chi connectivity index (χ1n) is 12.5. The Balaban J connectivity index is 1.21. The van der Waals surface area contributed by atoms with Gasteiger partial charge in [-0.15, -0.1) is 0 Å². The summed E-state index contributed by atoms with van der Waals surface area (Å²) in [6, 6.07) is 7.83. The molecule has 3 saturated heterocycles. The lowest BCUT2D eigenvalue weighted by Crippen LogP contribution is -2.54. The minimum Gasteiger partial charge on any atom is -0.369 e. The van der Waals surface area contributed by atoms with Crippen LogP contribution in [0.4, 0.5) is 4.79 Å². The molecule has 3 fully saturated rings. The second kappa shape index (κ2) is 11.5. The highest BCUT2D eigenvalue weighted by Gasteiger charge is 2.33. The molecule has 1 aromatic carbocycles. The minimum absolute atomic E-state index is 0.0952. The van der Waals surface area contributed by atoms with Gasteiger partial charge in [0.05, 0.1) is 5.92 Å². The summed E-state index contributed by atoms with van der Waals surface area (Å²) >= 11 is 0. The number of carbonyl (C=O) groups is 5. The van der Waals surface area contributed by atoms with E-state index >= 15 is 0 Å². The molecule has 0 aliphatic carbocycles. The smallest absolute Gasteiger partial charge is 0.317 e. The number of nitrogens with zero attached hydrogens (tertiary/aromatic N) is 4. The molecule has 0 bridgehead atoms. The first kappa shape index (κ1) is 25.6. The van der Waals surface area contributed by atoms with E-state index < -0.39 is 0 Å². The fourth-order valence-corrected chi connectivity index (χ4v) is 5.01. The standard InChI is InChI=1S/C25H34N6O5/c26-24(35)20-5-2-8-28(16-20)15-19-4-1-3-18(13-19)14-27-25(36)30-11-9-29(10-12-30)23(34)17-31-21(32)6-7-22(31)33/h1,3-4,13,20H,2,5-12,14-17H2,(H2,26,35)(H,27,36). The molecule has 3 N–H and O–H groups in total. The van der Waals surface area contributed by atoms with Crippen molar-refractivity contribution in [2.75, 3.05) is 45.8 Å². The van der Waals surface area contributed by atoms with Crippen LogP contribution in [0.1, 0.15) is 36.8 Å². The highest BCUT2D eigenvalue weighted by molar-refractivity contribution is 6.04. The fourth-order valence-electron chi connectivity index (χ4n) is 5.01. The van der Waals surface area contributed by atoms with Gasteiger partial charge in [-0.3, -0.25) is 29.0 Å². The molecule has 3 aliphatic heterocycles. The number of piperazine rings is 1. The Morgan fingerprint density at radius 1 is 0.944 bits per heavy atom. The van der Waals surface area contributed by atoms with Crippen molar-refractivity contribution in [2.24, 2.45) is 11.7 Å². The summed E-state index contributed by atoms with van der Waals surface area (Å²) in [6.07, 6.45) is 2.13. The molecule has 3 heterocycles. The number of nitrogens with one attached hydrogen (secondary N) is 1. The number of rotatable bonds is 7. The predicted octanol–water partition coefficient (Wildman–Crippen LogP) is -0.113. The van der Waals surface area contributed by atoms with Gasteiger partial charge in [-0.1, -0.05) is 24.3 Å². The summed E-state index contributed by atoms with van der Waals surface area (Å²) in [7, 11) is 0. The van der Waals surface area contributed by atoms with Crippen LogP contribution in [0.2, 0.25) is 0 Å². The number of primary amides is 1. The molecule has 36 heavy (non-hydrogen) atoms. The van der Waals surface area contributed by atoms with Crippen LogP contribution in [-0.4, -0.2) is 95.1 Å². The Labute approximate surface area is 210 Å². The Bertz CT molecular complexity index is 1010. The third-order valence-electron chi connectivity index (χ3n) is 7.12. The number of hydrogen-bond donors (Lipinski definition) is 2. The number of urea groups is 1. The first-order valence-corrected chi connectivity index (χ1v) is 12.5. The molecule has 194 valence electrons. The first-order chi connectivity index (χ1) is 17.3. The average molecular weight is 499 g/mol. The molecular formula is C25H34N6O5. The van der Waals surface area contributed by atoms with Gasteiger partial charge in [0.2, 0.25) is 23.6 Å². The van der Waals surface area contributed by atoms with Crippen LogP contribution in [-0.2, 0) is 32.3 Å². The Morgan fingerprint density at radius 3 is 2.31 bits per heavy atom. The number of amides is 6. The van der Waals surface area contributed by atoms with Gasteiger partial charge in [0.15, 0.2) is 0 Å². The third-order valence-corrected chi connectivity index (χ3v) is 7.12. The average Bonchev–Trinajstić information content (AvgIpc) is 3.20. The summed E-state index contributed by atoms with van der Waals surface area (Å²) in [4.78, 5) is 66.7. The number of nitrogens with two attached hydrogens (primary N) is 1. The largest absolute Gasteiger partial charge is 0.369 e. The number of carbonyl (C=O) groups excluding carboxylic acids is 5. The van der Waals surface area contributed by atoms with E-state index in [2.05, 4.69) is 16.3 Å². The SMILES string of the molecule is NC(=O)C1CCCN(Cc2cccc(CNC(=O)N3CCN(C(=O)CN4C(=O)CCC4=O)CC3)c2)C1. The molecule has 0 aromatic heterocycles. The van der Waals surface area contributed by atoms with Crippen LogP contribution in [0.25, 0.3) is 0 Å². The highest BCUT2D eigenvalue weighted by Crippen LogP contribution is 2.19. The van der Waals surface area contributed by atoms with E-state index in [1.807, 2.05) is 18.2 Å². The van der Waals surface area contributed by atoms with Crippen LogP contribution in [0.3, 0.4) is 0 Å². The Kier molecular flexibility index (Phi) is 8.19. The molecule has 4 rings (SSSR count). The summed E-state index contributed by atoms with van der Waals surface area (Å²) < 4.78 is 0. The van der Waals surface area contributed by atoms with E-state index in [1.165, 1.54) is 0 Å². The second-order valence-electron chi connectivity index (χ2n) is 9.70. The van der Waals surface area contributed by atoms with Crippen molar-refractivity contribution in [1.29, 1.82) is 0 Å². The zero-order chi connectivity index (χ0) is 25.7. The quantitative estimate of drug-likeness (QED) is 0.504. The predicted molar refractivity (Wildman–Crippen MR) is 130 cm³/mol. The van der Waals surface area contributed by atoms with E-state index in [4.69, 9.17) is 5.73 Å². The van der Waals surface area contributed by atoms with Crippen LogP contribution < -0.4 is 11.1 Å². The van der Waals surface area contributed by atoms with Crippen LogP contribution in [0, 0.1) is 5.92 Å². The lowest BCUT2D eigenvalue weighted by Gasteiger charge is -2.35. The zero-order valence-electron chi connectivity index (χ0n) is 20.5. The van der Waals surface area contributed by atoms with Gasteiger partial charge in [-0.2, -0.15) is 0 Å². The lowest BCUT2D eigenvalue weighted by atomic mass is 9.97. The van der Waals surface area contributed by atoms with Crippen molar-refractivity contribution in [3.8, 4) is 0 Å².